The number of hydrogen-bond acceptors (Lipinski definition) is 19. The highest BCUT2D eigenvalue weighted by molar-refractivity contribution is 6.00. The second-order valence-electron chi connectivity index (χ2n) is 22.4. The molecule has 1 aromatic carbocycles. The molecule has 4 rings (SSSR count). The molecule has 0 fully saturated rings. The molecule has 2 bridgehead atoms. The minimum atomic E-state index is -1.93. The molecule has 2 aromatic heterocycles. The predicted octanol–water partition coefficient (Wildman–Crippen LogP) is -7.36. The van der Waals surface area contributed by atoms with Gasteiger partial charge in [0.1, 0.15) is 66.5 Å². The molecule has 12 amide bonds. The molecule has 3 heterocycles. The highest BCUT2D eigenvalue weighted by atomic mass is 16.4. The smallest absolute Gasteiger partial charge is 0.326 e. The number of H-pyrrole nitrogens is 1. The second-order valence-corrected chi connectivity index (χ2v) is 22.4. The minimum absolute atomic E-state index is 0.0447. The van der Waals surface area contributed by atoms with E-state index in [9.17, 15) is 87.5 Å². The molecule has 11 atom stereocenters. The normalized spacial score (nSPS) is 19.5. The summed E-state index contributed by atoms with van der Waals surface area (Å²) in [7, 11) is 0. The number of aromatic nitrogens is 4. The summed E-state index contributed by atoms with van der Waals surface area (Å²) >= 11 is 0. The lowest BCUT2D eigenvalue weighted by Crippen LogP contribution is -2.61. The number of carbonyl (C=O) groups excluding carboxylic acids is 12. The van der Waals surface area contributed by atoms with Gasteiger partial charge in [0, 0.05) is 62.6 Å². The summed E-state index contributed by atoms with van der Waals surface area (Å²) in [4.78, 5) is 194. The molecule has 0 aliphatic carbocycles. The molecule has 1 aliphatic rings. The van der Waals surface area contributed by atoms with Crippen molar-refractivity contribution in [2.75, 3.05) is 19.8 Å². The number of nitrogens with one attached hydrogen (secondary N) is 12. The lowest BCUT2D eigenvalue weighted by Gasteiger charge is -2.28. The van der Waals surface area contributed by atoms with Crippen LogP contribution in [0.4, 0.5) is 0 Å². The number of aliphatic carboxylic acids is 2. The summed E-state index contributed by atoms with van der Waals surface area (Å²) in [6.07, 6.45) is 0.552. The van der Waals surface area contributed by atoms with Crippen LogP contribution >= 0.6 is 0 Å². The number of carboxylic acid groups (broad SMARTS) is 2. The molecular weight excluding hydrogens is 1230 g/mol. The highest BCUT2D eigenvalue weighted by Gasteiger charge is 2.37. The van der Waals surface area contributed by atoms with Crippen LogP contribution < -0.4 is 75.7 Å². The quantitative estimate of drug-likeness (QED) is 0.0182. The van der Waals surface area contributed by atoms with Crippen molar-refractivity contribution >= 4 is 99.7 Å². The van der Waals surface area contributed by atoms with E-state index in [1.165, 1.54) is 38.6 Å². The number of aliphatic hydroxyl groups is 2. The molecule has 0 unspecified atom stereocenters. The molecule has 1 aliphatic heterocycles. The Morgan fingerprint density at radius 3 is 1.92 bits per heavy atom. The number of benzene rings is 1. The largest absolute Gasteiger partial charge is 0.481 e. The monoisotopic (exact) mass is 1310 g/mol. The topological polar surface area (TPSA) is 589 Å². The first-order valence-electron chi connectivity index (χ1n) is 29.7. The Morgan fingerprint density at radius 1 is 0.699 bits per heavy atom. The van der Waals surface area contributed by atoms with E-state index < -0.39 is 194 Å². The van der Waals surface area contributed by atoms with E-state index in [-0.39, 0.29) is 63.3 Å². The number of guanidine groups is 1. The molecule has 93 heavy (non-hydrogen) atoms. The van der Waals surface area contributed by atoms with Crippen LogP contribution in [-0.4, -0.2) is 215 Å². The molecular formula is C56H83N19O18. The average molecular weight is 1310 g/mol. The third kappa shape index (κ3) is 24.4. The van der Waals surface area contributed by atoms with E-state index in [0.717, 1.165) is 6.92 Å². The summed E-state index contributed by atoms with van der Waals surface area (Å²) in [6.45, 7) is 4.66. The Kier molecular flexibility index (Phi) is 29.5. The van der Waals surface area contributed by atoms with Crippen molar-refractivity contribution in [3.63, 3.8) is 0 Å². The molecule has 0 saturated heterocycles. The average Bonchev–Trinajstić information content (AvgIpc) is 1.93. The summed E-state index contributed by atoms with van der Waals surface area (Å²) in [5.41, 5.74) is 17.8. The number of aryl methyl sites for hydroxylation is 1. The van der Waals surface area contributed by atoms with Crippen molar-refractivity contribution in [3.05, 3.63) is 47.9 Å². The fraction of sp³-hybridized carbons (Fsp3) is 0.554. The van der Waals surface area contributed by atoms with Crippen LogP contribution in [0.5, 0.6) is 0 Å². The first-order chi connectivity index (χ1) is 43.9. The number of fused-ring (bicyclic) bond motifs is 3. The van der Waals surface area contributed by atoms with Gasteiger partial charge in [-0.25, -0.2) is 4.79 Å². The van der Waals surface area contributed by atoms with Gasteiger partial charge in [-0.15, -0.1) is 5.10 Å². The number of aliphatic hydroxyl groups excluding tert-OH is 2. The molecule has 0 saturated carbocycles. The standard InChI is InChI=1S/C56H83N19O18/c1-26(2)44-54(91)70-39(21-43(80)81)50(87)71-41(25-77)53(90)67-36(55(92)93)13-8-9-18-75-23-31(73-74-75)20-38(51(88)72-44)68-46(83)28(4)62-45(82)27(3)63-47(84)35(15-16-42(57)79)66-48(85)34(14-10-17-60-56(58)59)65-49(86)37(69-52(89)40(24-76)64-29(5)78)19-30-22-61-33-12-7-6-11-32(30)33/h6-7,11-12,22-23,26-28,34-41,44,61,76-77H,8-10,13-21,24-25H2,1-5H3,(H2,57,79)(H,62,82)(H,63,84)(H,64,78)(H,65,86)(H,66,85)(H,67,90)(H,68,83)(H,69,89)(H,70,91)(H,71,87)(H,72,88)(H,80,81)(H,92,93)(H4,58,59,60)/t27-,28-,34-,35-,36-,37-,38-,39-,40-,41-,44-/m0/s1. The fourth-order valence-electron chi connectivity index (χ4n) is 9.41. The van der Waals surface area contributed by atoms with Crippen molar-refractivity contribution in [1.82, 2.24) is 78.5 Å². The molecule has 3 aromatic rings. The van der Waals surface area contributed by atoms with Crippen molar-refractivity contribution in [2.45, 2.75) is 172 Å². The van der Waals surface area contributed by atoms with E-state index in [4.69, 9.17) is 17.2 Å². The van der Waals surface area contributed by atoms with Crippen molar-refractivity contribution in [3.8, 4) is 0 Å². The zero-order chi connectivity index (χ0) is 69.2. The minimum Gasteiger partial charge on any atom is -0.481 e. The number of carboxylic acids is 2. The third-order valence-electron chi connectivity index (χ3n) is 14.5. The van der Waals surface area contributed by atoms with E-state index in [1.807, 2.05) is 0 Å². The van der Waals surface area contributed by atoms with Gasteiger partial charge in [0.05, 0.1) is 25.3 Å². The molecule has 37 heteroatoms. The Labute approximate surface area is 531 Å². The van der Waals surface area contributed by atoms with Crippen molar-refractivity contribution < 1.29 is 87.5 Å². The van der Waals surface area contributed by atoms with Crippen LogP contribution in [-0.2, 0) is 86.5 Å². The number of primary amides is 1. The Hall–Kier alpha value is -10.3. The summed E-state index contributed by atoms with van der Waals surface area (Å²) in [6, 6.07) is -10.5. The van der Waals surface area contributed by atoms with Crippen LogP contribution in [0, 0.1) is 5.92 Å². The van der Waals surface area contributed by atoms with E-state index in [1.54, 1.807) is 30.5 Å². The first kappa shape index (κ1) is 75.1. The maximum Gasteiger partial charge on any atom is 0.326 e. The van der Waals surface area contributed by atoms with E-state index in [0.29, 0.717) is 16.5 Å². The van der Waals surface area contributed by atoms with Crippen molar-refractivity contribution in [2.24, 2.45) is 28.1 Å². The number of aromatic amines is 1. The van der Waals surface area contributed by atoms with Crippen LogP contribution in [0.3, 0.4) is 0 Å². The summed E-state index contributed by atoms with van der Waals surface area (Å²) in [5, 5.41) is 74.5. The number of amides is 12. The van der Waals surface area contributed by atoms with Crippen LogP contribution in [0.2, 0.25) is 0 Å². The number of aliphatic imine (C=N–C) groups is 1. The predicted molar refractivity (Wildman–Crippen MR) is 325 cm³/mol. The van der Waals surface area contributed by atoms with Gasteiger partial charge in [0.2, 0.25) is 70.9 Å². The molecule has 22 N–H and O–H groups in total. The lowest BCUT2D eigenvalue weighted by atomic mass is 10.0. The van der Waals surface area contributed by atoms with Gasteiger partial charge in [-0.05, 0) is 69.9 Å². The SMILES string of the molecule is CC(=O)N[C@@H](CO)C(=O)N[C@@H](Cc1c[nH]c2ccccc12)C(=O)N[C@@H](CCCN=C(N)N)C(=O)N[C@@H](CCC(N)=O)C(=O)N[C@@H](C)C(=O)N[C@@H](C)C(=O)N[C@H]1Cc2cn(nn2)CCCC[C@@H](C(=O)O)NC(=O)[C@H](CO)NC(=O)[C@H](CC(=O)O)NC(=O)[C@H](C(C)C)NC1=O. The molecule has 37 nitrogen and oxygen atoms in total. The van der Waals surface area contributed by atoms with Gasteiger partial charge < -0.3 is 101 Å². The highest BCUT2D eigenvalue weighted by Crippen LogP contribution is 2.20. The maximum atomic E-state index is 14.3. The van der Waals surface area contributed by atoms with Crippen LogP contribution in [0.1, 0.15) is 97.2 Å². The number of para-hydroxylation sites is 1. The van der Waals surface area contributed by atoms with Crippen LogP contribution in [0.25, 0.3) is 10.9 Å². The molecule has 510 valence electrons. The third-order valence-corrected chi connectivity index (χ3v) is 14.5. The number of carbonyl (C=O) groups is 14. The Balaban J connectivity index is 1.57. The summed E-state index contributed by atoms with van der Waals surface area (Å²) in [5.74, 6) is -16.2. The zero-order valence-electron chi connectivity index (χ0n) is 51.8. The van der Waals surface area contributed by atoms with Gasteiger partial charge >= 0.3 is 11.9 Å². The van der Waals surface area contributed by atoms with Gasteiger partial charge in [0.15, 0.2) is 5.96 Å². The number of nitrogens with two attached hydrogens (primary N) is 3. The maximum absolute atomic E-state index is 14.3. The lowest BCUT2D eigenvalue weighted by molar-refractivity contribution is -0.143. The van der Waals surface area contributed by atoms with Gasteiger partial charge in [-0.1, -0.05) is 37.3 Å². The van der Waals surface area contributed by atoms with Gasteiger partial charge in [-0.3, -0.25) is 72.0 Å². The second kappa shape index (κ2) is 36.5. The Morgan fingerprint density at radius 2 is 1.30 bits per heavy atom. The molecule has 0 spiro atoms. The zero-order valence-corrected chi connectivity index (χ0v) is 51.8. The molecule has 0 radical (unpaired) electrons. The van der Waals surface area contributed by atoms with Gasteiger partial charge in [0.25, 0.3) is 0 Å². The number of nitrogens with zero attached hydrogens (tertiary/aromatic N) is 4. The van der Waals surface area contributed by atoms with Crippen molar-refractivity contribution in [1.29, 1.82) is 0 Å². The summed E-state index contributed by atoms with van der Waals surface area (Å²) < 4.78 is 1.35. The number of hydrogen-bond donors (Lipinski definition) is 19. The van der Waals surface area contributed by atoms with Gasteiger partial charge in [-0.2, -0.15) is 0 Å². The fourth-order valence-corrected chi connectivity index (χ4v) is 9.41. The van der Waals surface area contributed by atoms with E-state index in [2.05, 4.69) is 78.8 Å². The first-order valence-corrected chi connectivity index (χ1v) is 29.7. The van der Waals surface area contributed by atoms with E-state index >= 15 is 0 Å². The Bertz CT molecular complexity index is 3220. The number of rotatable bonds is 28. The van der Waals surface area contributed by atoms with Crippen LogP contribution in [0.15, 0.2) is 41.7 Å².